The fraction of sp³-hybridized carbons (Fsp3) is 0.150. The molecule has 0 aliphatic carbocycles. The number of anilines is 3. The maximum absolute atomic E-state index is 13.3. The Morgan fingerprint density at radius 1 is 1.22 bits per heavy atom. The van der Waals surface area contributed by atoms with Crippen molar-refractivity contribution in [3.05, 3.63) is 76.3 Å². The molecule has 0 fully saturated rings. The van der Waals surface area contributed by atoms with E-state index in [9.17, 15) is 9.18 Å². The molecule has 1 aromatic heterocycles. The van der Waals surface area contributed by atoms with Crippen LogP contribution in [0.2, 0.25) is 5.02 Å². The van der Waals surface area contributed by atoms with E-state index in [1.54, 1.807) is 0 Å². The second-order valence-electron chi connectivity index (χ2n) is 5.94. The number of carbonyl (C=O) groups excluding carboxylic acids is 1. The Labute approximate surface area is 161 Å². The normalized spacial score (nSPS) is 10.5. The van der Waals surface area contributed by atoms with Crippen LogP contribution in [-0.4, -0.2) is 15.9 Å². The number of aromatic nitrogens is 2. The molecule has 0 aliphatic rings. The van der Waals surface area contributed by atoms with Gasteiger partial charge in [0.2, 0.25) is 5.95 Å². The van der Waals surface area contributed by atoms with E-state index >= 15 is 0 Å². The topological polar surface area (TPSA) is 66.9 Å². The Balaban J connectivity index is 1.81. The van der Waals surface area contributed by atoms with Crippen LogP contribution < -0.4 is 10.6 Å². The van der Waals surface area contributed by atoms with Gasteiger partial charge in [0.15, 0.2) is 0 Å². The van der Waals surface area contributed by atoms with Crippen LogP contribution in [0.25, 0.3) is 0 Å². The molecular formula is C20H18ClFN4O. The van der Waals surface area contributed by atoms with Crippen molar-refractivity contribution in [1.29, 1.82) is 0 Å². The van der Waals surface area contributed by atoms with Crippen molar-refractivity contribution >= 4 is 34.8 Å². The predicted octanol–water partition coefficient (Wildman–Crippen LogP) is 5.14. The second kappa shape index (κ2) is 8.14. The lowest BCUT2D eigenvalue weighted by Crippen LogP contribution is -2.16. The molecular weight excluding hydrogens is 367 g/mol. The molecule has 1 amide bonds. The first-order valence-corrected chi connectivity index (χ1v) is 8.80. The molecule has 7 heteroatoms. The van der Waals surface area contributed by atoms with Crippen molar-refractivity contribution in [2.45, 2.75) is 20.3 Å². The number of carbonyl (C=O) groups is 1. The molecule has 5 nitrogen and oxygen atoms in total. The van der Waals surface area contributed by atoms with Crippen molar-refractivity contribution < 1.29 is 9.18 Å². The highest BCUT2D eigenvalue weighted by molar-refractivity contribution is 6.31. The number of halogens is 2. The van der Waals surface area contributed by atoms with Crippen LogP contribution in [0.5, 0.6) is 0 Å². The summed E-state index contributed by atoms with van der Waals surface area (Å²) in [5, 5.41) is 5.82. The van der Waals surface area contributed by atoms with Gasteiger partial charge in [0, 0.05) is 17.6 Å². The van der Waals surface area contributed by atoms with Crippen LogP contribution in [0.15, 0.2) is 48.7 Å². The number of hydrogen-bond donors (Lipinski definition) is 2. The van der Waals surface area contributed by atoms with Crippen LogP contribution in [0.1, 0.15) is 28.5 Å². The molecule has 3 rings (SSSR count). The summed E-state index contributed by atoms with van der Waals surface area (Å²) in [6.07, 6.45) is 2.28. The summed E-state index contributed by atoms with van der Waals surface area (Å²) in [5.74, 6) is -0.631. The molecule has 0 spiro atoms. The first-order valence-electron chi connectivity index (χ1n) is 8.43. The Bertz CT molecular complexity index is 993. The zero-order valence-electron chi connectivity index (χ0n) is 14.9. The number of hydrogen-bond acceptors (Lipinski definition) is 4. The van der Waals surface area contributed by atoms with Gasteiger partial charge in [-0.25, -0.2) is 14.4 Å². The standard InChI is InChI=1S/C20H18ClFN4O/c1-3-13-6-4-5-12(2)18(13)26-19(27)17-9-10-23-20(25-17)24-14-7-8-16(22)15(21)11-14/h4-11H,3H2,1-2H3,(H,26,27)(H,23,24,25). The van der Waals surface area contributed by atoms with E-state index in [0.29, 0.717) is 5.69 Å². The second-order valence-corrected chi connectivity index (χ2v) is 6.34. The maximum Gasteiger partial charge on any atom is 0.274 e. The predicted molar refractivity (Wildman–Crippen MR) is 105 cm³/mol. The van der Waals surface area contributed by atoms with Crippen LogP contribution in [0.3, 0.4) is 0 Å². The molecule has 0 unspecified atom stereocenters. The van der Waals surface area contributed by atoms with Crippen LogP contribution in [-0.2, 0) is 6.42 Å². The van der Waals surface area contributed by atoms with Crippen molar-refractivity contribution in [1.82, 2.24) is 9.97 Å². The summed E-state index contributed by atoms with van der Waals surface area (Å²) >= 11 is 5.78. The van der Waals surface area contributed by atoms with Gasteiger partial charge in [0.1, 0.15) is 11.5 Å². The highest BCUT2D eigenvalue weighted by Crippen LogP contribution is 2.23. The maximum atomic E-state index is 13.3. The highest BCUT2D eigenvalue weighted by Gasteiger charge is 2.13. The lowest BCUT2D eigenvalue weighted by Gasteiger charge is -2.13. The van der Waals surface area contributed by atoms with Crippen molar-refractivity contribution in [2.24, 2.45) is 0 Å². The van der Waals surface area contributed by atoms with Gasteiger partial charge in [-0.05, 0) is 48.7 Å². The Kier molecular flexibility index (Phi) is 5.66. The van der Waals surface area contributed by atoms with Gasteiger partial charge in [-0.1, -0.05) is 36.7 Å². The summed E-state index contributed by atoms with van der Waals surface area (Å²) in [6.45, 7) is 3.98. The van der Waals surface area contributed by atoms with E-state index in [0.717, 1.165) is 23.2 Å². The van der Waals surface area contributed by atoms with Gasteiger partial charge in [0.05, 0.1) is 5.02 Å². The number of amides is 1. The molecule has 1 heterocycles. The number of benzene rings is 2. The highest BCUT2D eigenvalue weighted by atomic mass is 35.5. The average molecular weight is 385 g/mol. The molecule has 138 valence electrons. The number of nitrogens with zero attached hydrogens (tertiary/aromatic N) is 2. The van der Waals surface area contributed by atoms with Gasteiger partial charge in [-0.15, -0.1) is 0 Å². The quantitative estimate of drug-likeness (QED) is 0.639. The Hall–Kier alpha value is -2.99. The minimum atomic E-state index is -0.513. The number of aryl methyl sites for hydroxylation is 2. The number of rotatable bonds is 5. The molecule has 0 bridgehead atoms. The Morgan fingerprint density at radius 2 is 2.04 bits per heavy atom. The van der Waals surface area contributed by atoms with E-state index in [4.69, 9.17) is 11.6 Å². The van der Waals surface area contributed by atoms with Crippen molar-refractivity contribution in [3.63, 3.8) is 0 Å². The molecule has 0 saturated carbocycles. The Morgan fingerprint density at radius 3 is 2.78 bits per heavy atom. The lowest BCUT2D eigenvalue weighted by atomic mass is 10.1. The van der Waals surface area contributed by atoms with Crippen LogP contribution in [0, 0.1) is 12.7 Å². The number of nitrogens with one attached hydrogen (secondary N) is 2. The minimum Gasteiger partial charge on any atom is -0.324 e. The lowest BCUT2D eigenvalue weighted by molar-refractivity contribution is 0.102. The van der Waals surface area contributed by atoms with Crippen LogP contribution >= 0.6 is 11.6 Å². The zero-order valence-corrected chi connectivity index (χ0v) is 15.6. The van der Waals surface area contributed by atoms with Gasteiger partial charge in [0.25, 0.3) is 5.91 Å². The van der Waals surface area contributed by atoms with Gasteiger partial charge in [-0.2, -0.15) is 0 Å². The third kappa shape index (κ3) is 4.41. The van der Waals surface area contributed by atoms with Crippen molar-refractivity contribution in [2.75, 3.05) is 10.6 Å². The van der Waals surface area contributed by atoms with E-state index in [2.05, 4.69) is 20.6 Å². The van der Waals surface area contributed by atoms with E-state index in [1.807, 2.05) is 32.0 Å². The minimum absolute atomic E-state index is 0.0134. The van der Waals surface area contributed by atoms with Gasteiger partial charge < -0.3 is 10.6 Å². The molecule has 3 aromatic rings. The third-order valence-corrected chi connectivity index (χ3v) is 4.33. The molecule has 2 N–H and O–H groups in total. The molecule has 0 radical (unpaired) electrons. The van der Waals surface area contributed by atoms with Crippen LogP contribution in [0.4, 0.5) is 21.7 Å². The molecule has 2 aromatic carbocycles. The number of para-hydroxylation sites is 1. The fourth-order valence-electron chi connectivity index (χ4n) is 2.63. The fourth-order valence-corrected chi connectivity index (χ4v) is 2.81. The van der Waals surface area contributed by atoms with E-state index in [1.165, 1.54) is 30.5 Å². The summed E-state index contributed by atoms with van der Waals surface area (Å²) in [7, 11) is 0. The molecule has 0 aliphatic heterocycles. The molecule has 0 atom stereocenters. The first kappa shape index (κ1) is 18.8. The summed E-state index contributed by atoms with van der Waals surface area (Å²) in [4.78, 5) is 21.0. The SMILES string of the molecule is CCc1cccc(C)c1NC(=O)c1ccnc(Nc2ccc(F)c(Cl)c2)n1. The average Bonchev–Trinajstić information content (AvgIpc) is 2.66. The molecule has 0 saturated heterocycles. The summed E-state index contributed by atoms with van der Waals surface area (Å²) < 4.78 is 13.3. The monoisotopic (exact) mass is 384 g/mol. The largest absolute Gasteiger partial charge is 0.324 e. The van der Waals surface area contributed by atoms with Gasteiger partial charge >= 0.3 is 0 Å². The summed E-state index contributed by atoms with van der Waals surface area (Å²) in [5.41, 5.74) is 3.56. The third-order valence-electron chi connectivity index (χ3n) is 4.04. The zero-order chi connectivity index (χ0) is 19.4. The van der Waals surface area contributed by atoms with E-state index in [-0.39, 0.29) is 22.6 Å². The van der Waals surface area contributed by atoms with Gasteiger partial charge in [-0.3, -0.25) is 4.79 Å². The molecule has 27 heavy (non-hydrogen) atoms. The van der Waals surface area contributed by atoms with E-state index < -0.39 is 5.82 Å². The smallest absolute Gasteiger partial charge is 0.274 e. The first-order chi connectivity index (χ1) is 13.0. The summed E-state index contributed by atoms with van der Waals surface area (Å²) in [6, 6.07) is 11.6. The van der Waals surface area contributed by atoms with Crippen molar-refractivity contribution in [3.8, 4) is 0 Å².